The molecule has 1 rings (SSSR count). The van der Waals surface area contributed by atoms with Gasteiger partial charge in [0, 0.05) is 30.7 Å². The average Bonchev–Trinajstić information content (AvgIpc) is 2.79. The maximum absolute atomic E-state index is 11.0. The number of aryl methyl sites for hydroxylation is 2. The Kier molecular flexibility index (Phi) is 6.57. The standard InChI is InChI=1S/C13H21N3O3S/c1-4-10-6-11(16(5-2)15-10)7-20-8-12(13(18)19)14-9(3)17/h6,12H,4-5,7-8H2,1-3H3,(H,14,17)(H,18,19). The molecule has 1 aromatic rings. The van der Waals surface area contributed by atoms with Crippen LogP contribution in [0.25, 0.3) is 0 Å². The van der Waals surface area contributed by atoms with Crippen LogP contribution in [-0.2, 0) is 28.3 Å². The fourth-order valence-electron chi connectivity index (χ4n) is 1.78. The zero-order chi connectivity index (χ0) is 15.1. The SMILES string of the molecule is CCc1cc(CSCC(NC(C)=O)C(=O)O)n(CC)n1. The van der Waals surface area contributed by atoms with Crippen molar-refractivity contribution in [3.63, 3.8) is 0 Å². The highest BCUT2D eigenvalue weighted by Crippen LogP contribution is 2.15. The van der Waals surface area contributed by atoms with Gasteiger partial charge in [-0.25, -0.2) is 4.79 Å². The molecular formula is C13H21N3O3S. The number of carboxylic acids is 1. The van der Waals surface area contributed by atoms with Crippen LogP contribution in [0.3, 0.4) is 0 Å². The van der Waals surface area contributed by atoms with E-state index < -0.39 is 12.0 Å². The zero-order valence-corrected chi connectivity index (χ0v) is 12.9. The second kappa shape index (κ2) is 7.94. The van der Waals surface area contributed by atoms with Crippen molar-refractivity contribution in [2.75, 3.05) is 5.75 Å². The number of carbonyl (C=O) groups is 2. The Morgan fingerprint density at radius 3 is 2.70 bits per heavy atom. The number of amides is 1. The van der Waals surface area contributed by atoms with Gasteiger partial charge in [0.1, 0.15) is 6.04 Å². The molecule has 1 heterocycles. The molecule has 0 radical (unpaired) electrons. The molecule has 1 unspecified atom stereocenters. The van der Waals surface area contributed by atoms with Crippen LogP contribution in [0.5, 0.6) is 0 Å². The first-order valence-electron chi connectivity index (χ1n) is 6.61. The van der Waals surface area contributed by atoms with Gasteiger partial charge in [-0.3, -0.25) is 9.48 Å². The van der Waals surface area contributed by atoms with Crippen LogP contribution >= 0.6 is 11.8 Å². The van der Waals surface area contributed by atoms with E-state index in [9.17, 15) is 9.59 Å². The molecule has 20 heavy (non-hydrogen) atoms. The van der Waals surface area contributed by atoms with Crippen molar-refractivity contribution >= 4 is 23.6 Å². The lowest BCUT2D eigenvalue weighted by molar-refractivity contribution is -0.140. The number of carbonyl (C=O) groups excluding carboxylic acids is 1. The lowest BCUT2D eigenvalue weighted by Gasteiger charge is -2.12. The molecule has 0 aromatic carbocycles. The van der Waals surface area contributed by atoms with E-state index in [0.717, 1.165) is 24.4 Å². The van der Waals surface area contributed by atoms with Crippen molar-refractivity contribution in [1.82, 2.24) is 15.1 Å². The van der Waals surface area contributed by atoms with Crippen LogP contribution in [0.1, 0.15) is 32.2 Å². The highest BCUT2D eigenvalue weighted by atomic mass is 32.2. The van der Waals surface area contributed by atoms with E-state index in [1.54, 1.807) is 0 Å². The van der Waals surface area contributed by atoms with Gasteiger partial charge in [-0.2, -0.15) is 16.9 Å². The van der Waals surface area contributed by atoms with Crippen LogP contribution in [-0.4, -0.2) is 38.6 Å². The van der Waals surface area contributed by atoms with E-state index in [1.165, 1.54) is 18.7 Å². The summed E-state index contributed by atoms with van der Waals surface area (Å²) in [4.78, 5) is 21.9. The molecule has 2 N–H and O–H groups in total. The number of nitrogens with zero attached hydrogens (tertiary/aromatic N) is 2. The monoisotopic (exact) mass is 299 g/mol. The van der Waals surface area contributed by atoms with E-state index in [1.807, 2.05) is 17.7 Å². The predicted molar refractivity (Wildman–Crippen MR) is 78.7 cm³/mol. The quantitative estimate of drug-likeness (QED) is 0.755. The minimum atomic E-state index is -1.01. The number of carboxylic acid groups (broad SMARTS) is 1. The third kappa shape index (κ3) is 4.88. The normalized spacial score (nSPS) is 12.2. The van der Waals surface area contributed by atoms with Gasteiger partial charge in [-0.15, -0.1) is 0 Å². The summed E-state index contributed by atoms with van der Waals surface area (Å²) in [5, 5.41) is 15.9. The summed E-state index contributed by atoms with van der Waals surface area (Å²) in [6, 6.07) is 1.20. The number of thioether (sulfide) groups is 1. The van der Waals surface area contributed by atoms with Gasteiger partial charge in [0.2, 0.25) is 5.91 Å². The van der Waals surface area contributed by atoms with Gasteiger partial charge in [-0.05, 0) is 19.4 Å². The molecular weight excluding hydrogens is 278 g/mol. The van der Waals surface area contributed by atoms with E-state index >= 15 is 0 Å². The van der Waals surface area contributed by atoms with E-state index in [4.69, 9.17) is 5.11 Å². The summed E-state index contributed by atoms with van der Waals surface area (Å²) < 4.78 is 1.93. The predicted octanol–water partition coefficient (Wildman–Crippen LogP) is 1.29. The summed E-state index contributed by atoms with van der Waals surface area (Å²) in [6.45, 7) is 6.19. The van der Waals surface area contributed by atoms with Gasteiger partial charge >= 0.3 is 5.97 Å². The molecule has 1 amide bonds. The number of rotatable bonds is 8. The van der Waals surface area contributed by atoms with Crippen molar-refractivity contribution < 1.29 is 14.7 Å². The highest BCUT2D eigenvalue weighted by Gasteiger charge is 2.18. The molecule has 0 aliphatic carbocycles. The molecule has 1 atom stereocenters. The molecule has 112 valence electrons. The van der Waals surface area contributed by atoms with Crippen LogP contribution in [0.4, 0.5) is 0 Å². The third-order valence-corrected chi connectivity index (χ3v) is 3.85. The highest BCUT2D eigenvalue weighted by molar-refractivity contribution is 7.98. The van der Waals surface area contributed by atoms with Gasteiger partial charge in [0.25, 0.3) is 0 Å². The summed E-state index contributed by atoms with van der Waals surface area (Å²) in [5.41, 5.74) is 2.13. The second-order valence-corrected chi connectivity index (χ2v) is 5.43. The second-order valence-electron chi connectivity index (χ2n) is 4.40. The first kappa shape index (κ1) is 16.6. The van der Waals surface area contributed by atoms with Gasteiger partial charge in [0.15, 0.2) is 0 Å². The van der Waals surface area contributed by atoms with E-state index in [0.29, 0.717) is 11.5 Å². The Bertz CT molecular complexity index is 473. The van der Waals surface area contributed by atoms with Crippen molar-refractivity contribution in [1.29, 1.82) is 0 Å². The summed E-state index contributed by atoms with van der Waals surface area (Å²) >= 11 is 1.48. The molecule has 6 nitrogen and oxygen atoms in total. The zero-order valence-electron chi connectivity index (χ0n) is 12.0. The van der Waals surface area contributed by atoms with E-state index in [2.05, 4.69) is 17.3 Å². The Balaban J connectivity index is 2.55. The summed E-state index contributed by atoms with van der Waals surface area (Å²) in [7, 11) is 0. The van der Waals surface area contributed by atoms with Crippen LogP contribution < -0.4 is 5.32 Å². The first-order chi connectivity index (χ1) is 9.47. The fraction of sp³-hybridized carbons (Fsp3) is 0.615. The Morgan fingerprint density at radius 2 is 2.20 bits per heavy atom. The van der Waals surface area contributed by atoms with Crippen LogP contribution in [0.15, 0.2) is 6.07 Å². The number of nitrogens with one attached hydrogen (secondary N) is 1. The van der Waals surface area contributed by atoms with Crippen LogP contribution in [0, 0.1) is 0 Å². The molecule has 1 aromatic heterocycles. The fourth-order valence-corrected chi connectivity index (χ4v) is 2.80. The van der Waals surface area contributed by atoms with Crippen molar-refractivity contribution in [3.8, 4) is 0 Å². The number of hydrogen-bond donors (Lipinski definition) is 2. The molecule has 0 saturated carbocycles. The smallest absolute Gasteiger partial charge is 0.327 e. The topological polar surface area (TPSA) is 84.2 Å². The summed E-state index contributed by atoms with van der Waals surface area (Å²) in [5.74, 6) is -0.314. The lowest BCUT2D eigenvalue weighted by Crippen LogP contribution is -2.41. The summed E-state index contributed by atoms with van der Waals surface area (Å²) in [6.07, 6.45) is 0.883. The molecule has 0 bridgehead atoms. The first-order valence-corrected chi connectivity index (χ1v) is 7.76. The molecule has 0 saturated heterocycles. The minimum absolute atomic E-state index is 0.329. The average molecular weight is 299 g/mol. The third-order valence-electron chi connectivity index (χ3n) is 2.79. The van der Waals surface area contributed by atoms with Gasteiger partial charge in [-0.1, -0.05) is 6.92 Å². The molecule has 0 aliphatic rings. The molecule has 7 heteroatoms. The number of aromatic nitrogens is 2. The molecule has 0 fully saturated rings. The maximum atomic E-state index is 11.0. The maximum Gasteiger partial charge on any atom is 0.327 e. The van der Waals surface area contributed by atoms with Gasteiger partial charge in [0.05, 0.1) is 5.69 Å². The Labute approximate surface area is 122 Å². The molecule has 0 spiro atoms. The van der Waals surface area contributed by atoms with Crippen molar-refractivity contribution in [2.45, 2.75) is 45.5 Å². The largest absolute Gasteiger partial charge is 0.480 e. The van der Waals surface area contributed by atoms with Crippen molar-refractivity contribution in [2.24, 2.45) is 0 Å². The number of hydrogen-bond acceptors (Lipinski definition) is 4. The Hall–Kier alpha value is -1.50. The van der Waals surface area contributed by atoms with Crippen molar-refractivity contribution in [3.05, 3.63) is 17.5 Å². The minimum Gasteiger partial charge on any atom is -0.480 e. The number of aliphatic carboxylic acids is 1. The lowest BCUT2D eigenvalue weighted by atomic mass is 10.3. The Morgan fingerprint density at radius 1 is 1.50 bits per heavy atom. The molecule has 0 aliphatic heterocycles. The van der Waals surface area contributed by atoms with E-state index in [-0.39, 0.29) is 5.91 Å². The van der Waals surface area contributed by atoms with Gasteiger partial charge < -0.3 is 10.4 Å². The van der Waals surface area contributed by atoms with Crippen LogP contribution in [0.2, 0.25) is 0 Å².